The van der Waals surface area contributed by atoms with Gasteiger partial charge < -0.3 is 15.1 Å². The van der Waals surface area contributed by atoms with Gasteiger partial charge in [-0.25, -0.2) is 4.79 Å². The number of nitrogens with zero attached hydrogens (tertiary/aromatic N) is 5. The Kier molecular flexibility index (Phi) is 5.60. The van der Waals surface area contributed by atoms with Gasteiger partial charge in [0.05, 0.1) is 11.6 Å². The molecule has 176 valence electrons. The quantitative estimate of drug-likeness (QED) is 0.755. The maximum atomic E-state index is 13.6. The molecule has 2 aromatic rings. The van der Waals surface area contributed by atoms with Gasteiger partial charge in [-0.05, 0) is 68.2 Å². The van der Waals surface area contributed by atoms with Gasteiger partial charge in [-0.1, -0.05) is 0 Å². The molecule has 1 aromatic heterocycles. The van der Waals surface area contributed by atoms with Crippen molar-refractivity contribution < 1.29 is 14.4 Å². The molecule has 2 saturated heterocycles. The Morgan fingerprint density at radius 3 is 2.56 bits per heavy atom. The van der Waals surface area contributed by atoms with E-state index in [1.54, 1.807) is 29.3 Å². The standard InChI is InChI=1S/C25H28N6O3/c1-17(32)27-22-7-12-31(28-22)24(34)29-13-9-25(10-14-29)8-2-11-30(25)23(33)19-5-6-20(16-26)21(15-19)18-3-4-18/h5-7,12,15,18H,2-4,8-11,13-14H2,1H3,(H,27,28,32). The number of hydrogen-bond acceptors (Lipinski definition) is 5. The lowest BCUT2D eigenvalue weighted by Gasteiger charge is -2.44. The van der Waals surface area contributed by atoms with Crippen LogP contribution < -0.4 is 5.32 Å². The highest BCUT2D eigenvalue weighted by Gasteiger charge is 2.46. The molecule has 3 amide bonds. The number of benzene rings is 1. The minimum Gasteiger partial charge on any atom is -0.333 e. The van der Waals surface area contributed by atoms with Crippen LogP contribution in [0.3, 0.4) is 0 Å². The van der Waals surface area contributed by atoms with Crippen LogP contribution in [0.5, 0.6) is 0 Å². The smallest absolute Gasteiger partial charge is 0.333 e. The zero-order chi connectivity index (χ0) is 23.9. The maximum Gasteiger partial charge on any atom is 0.344 e. The van der Waals surface area contributed by atoms with Crippen LogP contribution in [0.2, 0.25) is 0 Å². The molecule has 1 aromatic carbocycles. The van der Waals surface area contributed by atoms with Crippen molar-refractivity contribution in [2.75, 3.05) is 25.0 Å². The predicted octanol–water partition coefficient (Wildman–Crippen LogP) is 3.33. The molecule has 5 rings (SSSR count). The number of nitrogens with one attached hydrogen (secondary N) is 1. The van der Waals surface area contributed by atoms with Crippen LogP contribution in [-0.2, 0) is 4.79 Å². The van der Waals surface area contributed by atoms with Gasteiger partial charge in [-0.3, -0.25) is 9.59 Å². The zero-order valence-electron chi connectivity index (χ0n) is 19.3. The third-order valence-electron chi connectivity index (χ3n) is 7.33. The van der Waals surface area contributed by atoms with Crippen molar-refractivity contribution in [2.24, 2.45) is 0 Å². The number of anilines is 1. The Balaban J connectivity index is 1.28. The molecule has 2 aliphatic heterocycles. The summed E-state index contributed by atoms with van der Waals surface area (Å²) in [6.45, 7) is 3.19. The van der Waals surface area contributed by atoms with Crippen LogP contribution in [0, 0.1) is 11.3 Å². The van der Waals surface area contributed by atoms with E-state index in [-0.39, 0.29) is 23.4 Å². The number of amides is 3. The molecule has 9 nitrogen and oxygen atoms in total. The lowest BCUT2D eigenvalue weighted by atomic mass is 9.84. The molecule has 0 radical (unpaired) electrons. The topological polar surface area (TPSA) is 111 Å². The predicted molar refractivity (Wildman–Crippen MR) is 124 cm³/mol. The molecule has 0 atom stereocenters. The van der Waals surface area contributed by atoms with E-state index in [0.717, 1.165) is 44.1 Å². The summed E-state index contributed by atoms with van der Waals surface area (Å²) >= 11 is 0. The second kappa shape index (κ2) is 8.60. The first-order chi connectivity index (χ1) is 16.4. The molecule has 0 unspecified atom stereocenters. The summed E-state index contributed by atoms with van der Waals surface area (Å²) in [5, 5.41) is 16.1. The molecule has 9 heteroatoms. The fourth-order valence-electron chi connectivity index (χ4n) is 5.40. The van der Waals surface area contributed by atoms with Crippen molar-refractivity contribution in [3.8, 4) is 6.07 Å². The molecular weight excluding hydrogens is 432 g/mol. The third-order valence-corrected chi connectivity index (χ3v) is 7.33. The van der Waals surface area contributed by atoms with Gasteiger partial charge in [0.1, 0.15) is 0 Å². The van der Waals surface area contributed by atoms with E-state index in [1.807, 2.05) is 11.0 Å². The number of nitriles is 1. The molecule has 1 aliphatic carbocycles. The molecule has 1 spiro atoms. The summed E-state index contributed by atoms with van der Waals surface area (Å²) in [5.74, 6) is 0.526. The van der Waals surface area contributed by atoms with Gasteiger partial charge >= 0.3 is 6.03 Å². The summed E-state index contributed by atoms with van der Waals surface area (Å²) in [4.78, 5) is 41.4. The first-order valence-electron chi connectivity index (χ1n) is 11.9. The lowest BCUT2D eigenvalue weighted by molar-refractivity contribution is -0.114. The third kappa shape index (κ3) is 4.04. The Labute approximate surface area is 198 Å². The van der Waals surface area contributed by atoms with E-state index in [4.69, 9.17) is 0 Å². The highest BCUT2D eigenvalue weighted by Crippen LogP contribution is 2.43. The molecule has 3 aliphatic rings. The van der Waals surface area contributed by atoms with Crippen molar-refractivity contribution in [3.63, 3.8) is 0 Å². The largest absolute Gasteiger partial charge is 0.344 e. The number of carbonyl (C=O) groups excluding carboxylic acids is 3. The monoisotopic (exact) mass is 460 g/mol. The number of likely N-dealkylation sites (tertiary alicyclic amines) is 2. The summed E-state index contributed by atoms with van der Waals surface area (Å²) in [6, 6.07) is 9.10. The number of rotatable bonds is 3. The van der Waals surface area contributed by atoms with Crippen LogP contribution in [0.25, 0.3) is 0 Å². The molecule has 1 saturated carbocycles. The number of carbonyl (C=O) groups is 3. The van der Waals surface area contributed by atoms with Crippen molar-refractivity contribution in [3.05, 3.63) is 47.2 Å². The molecular formula is C25H28N6O3. The lowest BCUT2D eigenvalue weighted by Crippen LogP contribution is -2.55. The van der Waals surface area contributed by atoms with E-state index >= 15 is 0 Å². The Morgan fingerprint density at radius 1 is 1.12 bits per heavy atom. The molecule has 3 heterocycles. The average molecular weight is 461 g/mol. The maximum absolute atomic E-state index is 13.6. The molecule has 0 bridgehead atoms. The second-order valence-corrected chi connectivity index (χ2v) is 9.57. The minimum atomic E-state index is -0.243. The van der Waals surface area contributed by atoms with Crippen LogP contribution in [0.1, 0.15) is 72.9 Å². The first-order valence-corrected chi connectivity index (χ1v) is 11.9. The highest BCUT2D eigenvalue weighted by atomic mass is 16.2. The van der Waals surface area contributed by atoms with Crippen molar-refractivity contribution in [2.45, 2.75) is 56.9 Å². The van der Waals surface area contributed by atoms with E-state index in [2.05, 4.69) is 16.5 Å². The van der Waals surface area contributed by atoms with Gasteiger partial charge in [0.2, 0.25) is 5.91 Å². The van der Waals surface area contributed by atoms with Gasteiger partial charge in [-0.2, -0.15) is 9.94 Å². The van der Waals surface area contributed by atoms with Crippen LogP contribution in [-0.4, -0.2) is 62.6 Å². The molecule has 3 fully saturated rings. The Bertz CT molecular complexity index is 1180. The summed E-state index contributed by atoms with van der Waals surface area (Å²) in [7, 11) is 0. The SMILES string of the molecule is CC(=O)Nc1ccn(C(=O)N2CCC3(CCCN3C(=O)c3ccc(C#N)c(C4CC4)c3)CC2)n1. The fourth-order valence-corrected chi connectivity index (χ4v) is 5.40. The van der Waals surface area contributed by atoms with Crippen LogP contribution in [0.15, 0.2) is 30.5 Å². The summed E-state index contributed by atoms with van der Waals surface area (Å²) in [5.41, 5.74) is 2.08. The van der Waals surface area contributed by atoms with E-state index in [0.29, 0.717) is 42.5 Å². The van der Waals surface area contributed by atoms with Gasteiger partial charge in [0.25, 0.3) is 5.91 Å². The summed E-state index contributed by atoms with van der Waals surface area (Å²) < 4.78 is 1.25. The second-order valence-electron chi connectivity index (χ2n) is 9.57. The average Bonchev–Trinajstić information content (AvgIpc) is 3.46. The van der Waals surface area contributed by atoms with Crippen LogP contribution in [0.4, 0.5) is 10.6 Å². The van der Waals surface area contributed by atoms with Gasteiger partial charge in [0.15, 0.2) is 5.82 Å². The summed E-state index contributed by atoms with van der Waals surface area (Å²) in [6.07, 6.45) is 7.02. The first kappa shape index (κ1) is 22.1. The van der Waals surface area contributed by atoms with Crippen molar-refractivity contribution >= 4 is 23.7 Å². The fraction of sp³-hybridized carbons (Fsp3) is 0.480. The zero-order valence-corrected chi connectivity index (χ0v) is 19.3. The van der Waals surface area contributed by atoms with Gasteiger partial charge in [0, 0.05) is 49.9 Å². The van der Waals surface area contributed by atoms with E-state index < -0.39 is 0 Å². The normalized spacial score (nSPS) is 19.2. The van der Waals surface area contributed by atoms with Crippen molar-refractivity contribution in [1.82, 2.24) is 19.6 Å². The molecule has 34 heavy (non-hydrogen) atoms. The van der Waals surface area contributed by atoms with E-state index in [9.17, 15) is 19.6 Å². The Hall–Kier alpha value is -3.67. The molecule has 1 N–H and O–H groups in total. The minimum absolute atomic E-state index is 0.0238. The van der Waals surface area contributed by atoms with Crippen molar-refractivity contribution in [1.29, 1.82) is 5.26 Å². The van der Waals surface area contributed by atoms with E-state index in [1.165, 1.54) is 11.6 Å². The highest BCUT2D eigenvalue weighted by molar-refractivity contribution is 5.95. The van der Waals surface area contributed by atoms with Gasteiger partial charge in [-0.15, -0.1) is 5.10 Å². The van der Waals surface area contributed by atoms with Crippen LogP contribution >= 0.6 is 0 Å². The number of piperidine rings is 1. The number of aromatic nitrogens is 2. The number of hydrogen-bond donors (Lipinski definition) is 1. The Morgan fingerprint density at radius 2 is 1.88 bits per heavy atom.